The number of fused-ring (bicyclic) bond motifs is 1. The van der Waals surface area contributed by atoms with E-state index >= 15 is 0 Å². The van der Waals surface area contributed by atoms with Crippen molar-refractivity contribution >= 4 is 39.3 Å². The molecule has 5 N–H and O–H groups in total. The average Bonchev–Trinajstić information content (AvgIpc) is 3.31. The Kier molecular flexibility index (Phi) is 8.09. The van der Waals surface area contributed by atoms with Crippen LogP contribution in [0.25, 0.3) is 5.65 Å². The van der Waals surface area contributed by atoms with Crippen LogP contribution in [-0.2, 0) is 11.2 Å². The molecule has 0 aliphatic carbocycles. The van der Waals surface area contributed by atoms with Crippen molar-refractivity contribution in [2.75, 3.05) is 36.8 Å². The summed E-state index contributed by atoms with van der Waals surface area (Å²) in [5, 5.41) is 6.80. The summed E-state index contributed by atoms with van der Waals surface area (Å²) < 4.78 is 7.49. The van der Waals surface area contributed by atoms with Gasteiger partial charge in [-0.2, -0.15) is 9.61 Å². The first-order valence-electron chi connectivity index (χ1n) is 9.91. The van der Waals surface area contributed by atoms with Crippen molar-refractivity contribution in [1.29, 1.82) is 0 Å². The molecule has 0 aromatic carbocycles. The molecule has 1 aliphatic heterocycles. The van der Waals surface area contributed by atoms with Crippen LogP contribution < -0.4 is 21.7 Å². The number of nitrogen functional groups attached to an aromatic ring is 1. The fraction of sp³-hybridized carbons (Fsp3) is 0.632. The summed E-state index contributed by atoms with van der Waals surface area (Å²) >= 11 is 3.55. The minimum Gasteiger partial charge on any atom is -0.444 e. The Balaban J connectivity index is 0.000000237. The molecule has 3 rings (SSSR count). The van der Waals surface area contributed by atoms with Gasteiger partial charge < -0.3 is 26.4 Å². The first kappa shape index (κ1) is 23.2. The van der Waals surface area contributed by atoms with Crippen LogP contribution in [0.1, 0.15) is 46.1 Å². The second-order valence-electron chi connectivity index (χ2n) is 7.80. The fourth-order valence-corrected chi connectivity index (χ4v) is 3.41. The van der Waals surface area contributed by atoms with E-state index in [4.69, 9.17) is 21.2 Å². The van der Waals surface area contributed by atoms with Crippen molar-refractivity contribution in [3.8, 4) is 0 Å². The molecule has 0 spiro atoms. The predicted molar refractivity (Wildman–Crippen MR) is 119 cm³/mol. The second-order valence-corrected chi connectivity index (χ2v) is 8.60. The first-order chi connectivity index (χ1) is 13.7. The highest BCUT2D eigenvalue weighted by Gasteiger charge is 2.21. The van der Waals surface area contributed by atoms with E-state index in [1.165, 1.54) is 12.8 Å². The minimum atomic E-state index is -0.432. The number of hydrogen-bond donors (Lipinski definition) is 3. The molecule has 2 aromatic heterocycles. The minimum absolute atomic E-state index is 0.414. The third kappa shape index (κ3) is 6.20. The van der Waals surface area contributed by atoms with Gasteiger partial charge in [0, 0.05) is 31.7 Å². The highest BCUT2D eigenvalue weighted by molar-refractivity contribution is 9.10. The van der Waals surface area contributed by atoms with Crippen molar-refractivity contribution in [3.05, 3.63) is 16.2 Å². The van der Waals surface area contributed by atoms with Crippen molar-refractivity contribution in [2.24, 2.45) is 5.73 Å². The molecule has 0 atom stereocenters. The molecule has 29 heavy (non-hydrogen) atoms. The number of alkyl carbamates (subject to hydrolysis) is 1. The molecule has 9 nitrogen and oxygen atoms in total. The summed E-state index contributed by atoms with van der Waals surface area (Å²) in [5.74, 6) is 1.58. The van der Waals surface area contributed by atoms with Gasteiger partial charge in [-0.3, -0.25) is 0 Å². The topological polar surface area (TPSA) is 124 Å². The number of anilines is 2. The van der Waals surface area contributed by atoms with Crippen LogP contribution in [0.15, 0.2) is 10.7 Å². The number of amides is 1. The van der Waals surface area contributed by atoms with Crippen LogP contribution in [0.3, 0.4) is 0 Å². The second kappa shape index (κ2) is 10.1. The van der Waals surface area contributed by atoms with Crippen LogP contribution in [-0.4, -0.2) is 52.5 Å². The maximum Gasteiger partial charge on any atom is 0.407 e. The number of ether oxygens (including phenoxy) is 1. The average molecular weight is 470 g/mol. The predicted octanol–water partition coefficient (Wildman–Crippen LogP) is 2.71. The monoisotopic (exact) mass is 469 g/mol. The number of aromatic nitrogens is 3. The smallest absolute Gasteiger partial charge is 0.407 e. The van der Waals surface area contributed by atoms with E-state index in [-0.39, 0.29) is 0 Å². The summed E-state index contributed by atoms with van der Waals surface area (Å²) in [5.41, 5.74) is 12.9. The molecule has 0 radical (unpaired) electrons. The molecule has 162 valence electrons. The third-order valence-corrected chi connectivity index (χ3v) is 5.04. The van der Waals surface area contributed by atoms with Gasteiger partial charge in [0.25, 0.3) is 0 Å². The van der Waals surface area contributed by atoms with Gasteiger partial charge in [-0.05, 0) is 56.0 Å². The zero-order valence-corrected chi connectivity index (χ0v) is 19.3. The maximum atomic E-state index is 10.8. The van der Waals surface area contributed by atoms with Crippen molar-refractivity contribution in [1.82, 2.24) is 19.9 Å². The van der Waals surface area contributed by atoms with Gasteiger partial charge in [-0.25, -0.2) is 9.78 Å². The Bertz CT molecular complexity index is 826. The zero-order valence-electron chi connectivity index (χ0n) is 17.7. The summed E-state index contributed by atoms with van der Waals surface area (Å²) in [4.78, 5) is 17.9. The lowest BCUT2D eigenvalue weighted by molar-refractivity contribution is 0.0529. The third-order valence-electron chi connectivity index (χ3n) is 4.28. The van der Waals surface area contributed by atoms with Crippen LogP contribution in [0.2, 0.25) is 0 Å². The van der Waals surface area contributed by atoms with Crippen LogP contribution in [0.4, 0.5) is 16.4 Å². The number of hydrogen-bond acceptors (Lipinski definition) is 7. The van der Waals surface area contributed by atoms with Gasteiger partial charge in [0.15, 0.2) is 5.65 Å². The number of halogens is 1. The molecule has 2 aromatic rings. The van der Waals surface area contributed by atoms with Crippen molar-refractivity contribution in [3.63, 3.8) is 0 Å². The van der Waals surface area contributed by atoms with Gasteiger partial charge in [-0.1, -0.05) is 6.92 Å². The van der Waals surface area contributed by atoms with E-state index in [0.29, 0.717) is 18.9 Å². The Labute approximate surface area is 180 Å². The Morgan fingerprint density at radius 2 is 2.00 bits per heavy atom. The number of rotatable bonds is 4. The fourth-order valence-electron chi connectivity index (χ4n) is 2.90. The molecule has 1 saturated heterocycles. The van der Waals surface area contributed by atoms with Crippen LogP contribution >= 0.6 is 15.9 Å². The van der Waals surface area contributed by atoms with E-state index in [0.717, 1.165) is 41.0 Å². The van der Waals surface area contributed by atoms with Crippen LogP contribution in [0, 0.1) is 0 Å². The van der Waals surface area contributed by atoms with Crippen molar-refractivity contribution < 1.29 is 9.53 Å². The molecule has 10 heteroatoms. The Morgan fingerprint density at radius 1 is 1.34 bits per heavy atom. The number of carbonyl (C=O) groups excluding carboxylic acids is 1. The highest BCUT2D eigenvalue weighted by Crippen LogP contribution is 2.33. The molecule has 0 saturated carbocycles. The van der Waals surface area contributed by atoms with Crippen molar-refractivity contribution in [2.45, 2.75) is 52.6 Å². The molecular weight excluding hydrogens is 438 g/mol. The maximum absolute atomic E-state index is 10.8. The zero-order chi connectivity index (χ0) is 21.6. The number of nitrogens with one attached hydrogen (secondary N) is 1. The number of aryl methyl sites for hydroxylation is 1. The van der Waals surface area contributed by atoms with Gasteiger partial charge >= 0.3 is 6.09 Å². The molecule has 1 amide bonds. The first-order valence-corrected chi connectivity index (χ1v) is 10.7. The number of nitrogens with two attached hydrogens (primary N) is 2. The largest absolute Gasteiger partial charge is 0.444 e. The summed E-state index contributed by atoms with van der Waals surface area (Å²) in [7, 11) is 0. The van der Waals surface area contributed by atoms with Gasteiger partial charge in [-0.15, -0.1) is 0 Å². The molecule has 0 unspecified atom stereocenters. The summed E-state index contributed by atoms with van der Waals surface area (Å²) in [6.45, 7) is 10.5. The molecule has 1 aliphatic rings. The highest BCUT2D eigenvalue weighted by atomic mass is 79.9. The summed E-state index contributed by atoms with van der Waals surface area (Å²) in [6.07, 6.45) is 4.79. The molecule has 0 bridgehead atoms. The number of nitrogens with zero attached hydrogens (tertiary/aromatic N) is 4. The van der Waals surface area contributed by atoms with Crippen LogP contribution in [0.5, 0.6) is 0 Å². The Morgan fingerprint density at radius 3 is 2.55 bits per heavy atom. The molecular formula is C19H32BrN7O2. The molecule has 1 fully saturated rings. The van der Waals surface area contributed by atoms with E-state index in [1.807, 2.05) is 27.0 Å². The van der Waals surface area contributed by atoms with E-state index < -0.39 is 11.7 Å². The normalized spacial score (nSPS) is 13.9. The van der Waals surface area contributed by atoms with Gasteiger partial charge in [0.1, 0.15) is 21.7 Å². The van der Waals surface area contributed by atoms with E-state index in [9.17, 15) is 4.79 Å². The molecule has 3 heterocycles. The lowest BCUT2D eigenvalue weighted by atomic mass is 10.2. The quantitative estimate of drug-likeness (QED) is 0.628. The lowest BCUT2D eigenvalue weighted by Gasteiger charge is -2.19. The standard InChI is InChI=1S/C12H16BrN5.C7H16N2O2/c1-2-8-7-15-18-10(14)9(13)12(16-11(8)18)17-5-3-4-6-17;1-7(2,3)11-6(10)9-5-4-8/h7H,2-6,14H2,1H3;4-5,8H2,1-3H3,(H,9,10). The van der Waals surface area contributed by atoms with Gasteiger partial charge in [0.2, 0.25) is 0 Å². The van der Waals surface area contributed by atoms with Gasteiger partial charge in [0.05, 0.1) is 6.20 Å². The van der Waals surface area contributed by atoms with E-state index in [1.54, 1.807) is 4.52 Å². The number of carbonyl (C=O) groups is 1. The summed E-state index contributed by atoms with van der Waals surface area (Å²) in [6, 6.07) is 0. The Hall–Kier alpha value is -2.07. The SMILES string of the molecule is CC(C)(C)OC(=O)NCCN.CCc1cnn2c(N)c(Br)c(N3CCCC3)nc12. The lowest BCUT2D eigenvalue weighted by Crippen LogP contribution is -2.35. The van der Waals surface area contributed by atoms with E-state index in [2.05, 4.69) is 38.2 Å².